The molecule has 0 atom stereocenters. The number of carbonyl (C=O) groups is 1. The van der Waals surface area contributed by atoms with Crippen LogP contribution in [-0.4, -0.2) is 16.1 Å². The molecule has 0 fully saturated rings. The molecular formula is C15H17NO2S. The summed E-state index contributed by atoms with van der Waals surface area (Å²) < 4.78 is 0. The van der Waals surface area contributed by atoms with Crippen LogP contribution in [0.2, 0.25) is 0 Å². The number of rotatable bonds is 6. The van der Waals surface area contributed by atoms with Gasteiger partial charge < -0.3 is 5.11 Å². The van der Waals surface area contributed by atoms with Crippen LogP contribution < -0.4 is 0 Å². The van der Waals surface area contributed by atoms with Gasteiger partial charge in [-0.05, 0) is 12.0 Å². The third-order valence-corrected chi connectivity index (χ3v) is 3.92. The molecule has 1 aromatic carbocycles. The number of aliphatic carboxylic acids is 1. The van der Waals surface area contributed by atoms with Gasteiger partial charge in [0.05, 0.1) is 17.1 Å². The SMILES string of the molecule is CCCc1nc(Cc2ccccc2)sc1CC(=O)O. The zero-order valence-electron chi connectivity index (χ0n) is 10.9. The average molecular weight is 275 g/mol. The molecule has 0 unspecified atom stereocenters. The van der Waals surface area contributed by atoms with Gasteiger partial charge in [0.15, 0.2) is 0 Å². The second-order valence-corrected chi connectivity index (χ2v) is 5.63. The van der Waals surface area contributed by atoms with E-state index in [9.17, 15) is 4.79 Å². The van der Waals surface area contributed by atoms with Crippen LogP contribution >= 0.6 is 11.3 Å². The first-order chi connectivity index (χ1) is 9.19. The highest BCUT2D eigenvalue weighted by atomic mass is 32.1. The van der Waals surface area contributed by atoms with E-state index in [1.807, 2.05) is 18.2 Å². The summed E-state index contributed by atoms with van der Waals surface area (Å²) in [5, 5.41) is 9.94. The number of hydrogen-bond acceptors (Lipinski definition) is 3. The number of nitrogens with zero attached hydrogens (tertiary/aromatic N) is 1. The van der Waals surface area contributed by atoms with E-state index in [-0.39, 0.29) is 6.42 Å². The van der Waals surface area contributed by atoms with E-state index in [0.29, 0.717) is 0 Å². The topological polar surface area (TPSA) is 50.2 Å². The summed E-state index contributed by atoms with van der Waals surface area (Å²) in [6.07, 6.45) is 2.71. The Morgan fingerprint density at radius 1 is 1.32 bits per heavy atom. The lowest BCUT2D eigenvalue weighted by atomic mass is 10.1. The van der Waals surface area contributed by atoms with Crippen molar-refractivity contribution in [3.05, 3.63) is 51.5 Å². The third kappa shape index (κ3) is 3.89. The molecule has 0 spiro atoms. The Labute approximate surface area is 116 Å². The number of benzene rings is 1. The second-order valence-electron chi connectivity index (χ2n) is 4.46. The minimum absolute atomic E-state index is 0.0851. The minimum Gasteiger partial charge on any atom is -0.481 e. The monoisotopic (exact) mass is 275 g/mol. The van der Waals surface area contributed by atoms with Gasteiger partial charge in [-0.15, -0.1) is 11.3 Å². The van der Waals surface area contributed by atoms with Gasteiger partial charge in [-0.1, -0.05) is 43.7 Å². The molecule has 0 saturated carbocycles. The van der Waals surface area contributed by atoms with Gasteiger partial charge in [-0.2, -0.15) is 0 Å². The van der Waals surface area contributed by atoms with Crippen LogP contribution in [0.15, 0.2) is 30.3 Å². The molecule has 2 rings (SSSR count). The molecule has 19 heavy (non-hydrogen) atoms. The summed E-state index contributed by atoms with van der Waals surface area (Å²) in [5.74, 6) is -0.785. The molecule has 0 aliphatic heterocycles. The molecule has 1 N–H and O–H groups in total. The fourth-order valence-electron chi connectivity index (χ4n) is 1.99. The van der Waals surface area contributed by atoms with Crippen molar-refractivity contribution in [3.8, 4) is 0 Å². The molecular weight excluding hydrogens is 258 g/mol. The maximum atomic E-state index is 10.9. The summed E-state index contributed by atoms with van der Waals surface area (Å²) in [4.78, 5) is 16.4. The molecule has 0 aliphatic rings. The van der Waals surface area contributed by atoms with Gasteiger partial charge in [0.1, 0.15) is 0 Å². The van der Waals surface area contributed by atoms with E-state index < -0.39 is 5.97 Å². The number of aromatic nitrogens is 1. The first kappa shape index (κ1) is 13.7. The third-order valence-electron chi connectivity index (χ3n) is 2.82. The van der Waals surface area contributed by atoms with Crippen molar-refractivity contribution in [2.45, 2.75) is 32.6 Å². The maximum Gasteiger partial charge on any atom is 0.308 e. The van der Waals surface area contributed by atoms with E-state index in [1.54, 1.807) is 0 Å². The number of carboxylic acids is 1. The Morgan fingerprint density at radius 2 is 2.05 bits per heavy atom. The Morgan fingerprint density at radius 3 is 2.68 bits per heavy atom. The lowest BCUT2D eigenvalue weighted by Gasteiger charge is -1.96. The second kappa shape index (κ2) is 6.48. The Hall–Kier alpha value is -1.68. The van der Waals surface area contributed by atoms with Crippen LogP contribution in [-0.2, 0) is 24.1 Å². The van der Waals surface area contributed by atoms with Crippen LogP contribution in [0.1, 0.15) is 34.5 Å². The van der Waals surface area contributed by atoms with Gasteiger partial charge >= 0.3 is 5.97 Å². The van der Waals surface area contributed by atoms with Crippen LogP contribution in [0, 0.1) is 0 Å². The fourth-order valence-corrected chi connectivity index (χ4v) is 3.13. The summed E-state index contributed by atoms with van der Waals surface area (Å²) in [6, 6.07) is 10.1. The molecule has 0 bridgehead atoms. The summed E-state index contributed by atoms with van der Waals surface area (Å²) in [7, 11) is 0. The largest absolute Gasteiger partial charge is 0.481 e. The summed E-state index contributed by atoms with van der Waals surface area (Å²) in [6.45, 7) is 2.08. The summed E-state index contributed by atoms with van der Waals surface area (Å²) >= 11 is 1.53. The predicted molar refractivity (Wildman–Crippen MR) is 76.7 cm³/mol. The van der Waals surface area contributed by atoms with Crippen molar-refractivity contribution in [3.63, 3.8) is 0 Å². The molecule has 0 saturated heterocycles. The van der Waals surface area contributed by atoms with Gasteiger partial charge in [-0.25, -0.2) is 4.98 Å². The molecule has 3 nitrogen and oxygen atoms in total. The normalized spacial score (nSPS) is 10.6. The van der Waals surface area contributed by atoms with Gasteiger partial charge in [0.2, 0.25) is 0 Å². The standard InChI is InChI=1S/C15H17NO2S/c1-2-6-12-13(10-15(17)18)19-14(16-12)9-11-7-4-3-5-8-11/h3-5,7-8H,2,6,9-10H2,1H3,(H,17,18). The van der Waals surface area contributed by atoms with Crippen LogP contribution in [0.5, 0.6) is 0 Å². The number of hydrogen-bond donors (Lipinski definition) is 1. The Balaban J connectivity index is 2.19. The van der Waals surface area contributed by atoms with E-state index in [0.717, 1.165) is 34.8 Å². The lowest BCUT2D eigenvalue weighted by molar-refractivity contribution is -0.136. The average Bonchev–Trinajstić information content (AvgIpc) is 2.72. The predicted octanol–water partition coefficient (Wildman–Crippen LogP) is 3.31. The quantitative estimate of drug-likeness (QED) is 0.880. The van der Waals surface area contributed by atoms with Crippen LogP contribution in [0.3, 0.4) is 0 Å². The molecule has 4 heteroatoms. The first-order valence-electron chi connectivity index (χ1n) is 6.42. The van der Waals surface area contributed by atoms with E-state index in [4.69, 9.17) is 5.11 Å². The fraction of sp³-hybridized carbons (Fsp3) is 0.333. The lowest BCUT2D eigenvalue weighted by Crippen LogP contribution is -2.01. The highest BCUT2D eigenvalue weighted by Crippen LogP contribution is 2.23. The van der Waals surface area contributed by atoms with Gasteiger partial charge in [0, 0.05) is 11.3 Å². The highest BCUT2D eigenvalue weighted by molar-refractivity contribution is 7.11. The smallest absolute Gasteiger partial charge is 0.308 e. The zero-order chi connectivity index (χ0) is 13.7. The van der Waals surface area contributed by atoms with Crippen molar-refractivity contribution in [1.82, 2.24) is 4.98 Å². The number of carboxylic acid groups (broad SMARTS) is 1. The van der Waals surface area contributed by atoms with Crippen LogP contribution in [0.4, 0.5) is 0 Å². The molecule has 0 radical (unpaired) electrons. The van der Waals surface area contributed by atoms with Crippen molar-refractivity contribution in [2.24, 2.45) is 0 Å². The summed E-state index contributed by atoms with van der Waals surface area (Å²) in [5.41, 5.74) is 2.17. The zero-order valence-corrected chi connectivity index (χ0v) is 11.7. The molecule has 1 aromatic heterocycles. The molecule has 0 amide bonds. The Bertz CT molecular complexity index is 549. The molecule has 1 heterocycles. The van der Waals surface area contributed by atoms with E-state index in [2.05, 4.69) is 24.0 Å². The first-order valence-corrected chi connectivity index (χ1v) is 7.24. The number of thiazole rings is 1. The van der Waals surface area contributed by atoms with Gasteiger partial charge in [-0.3, -0.25) is 4.79 Å². The van der Waals surface area contributed by atoms with Crippen LogP contribution in [0.25, 0.3) is 0 Å². The molecule has 0 aliphatic carbocycles. The molecule has 2 aromatic rings. The van der Waals surface area contributed by atoms with Crippen molar-refractivity contribution in [1.29, 1.82) is 0 Å². The van der Waals surface area contributed by atoms with Gasteiger partial charge in [0.25, 0.3) is 0 Å². The van der Waals surface area contributed by atoms with Crippen molar-refractivity contribution in [2.75, 3.05) is 0 Å². The highest BCUT2D eigenvalue weighted by Gasteiger charge is 2.13. The maximum absolute atomic E-state index is 10.9. The molecule has 100 valence electrons. The van der Waals surface area contributed by atoms with Crippen molar-refractivity contribution < 1.29 is 9.90 Å². The number of aryl methyl sites for hydroxylation is 1. The minimum atomic E-state index is -0.785. The van der Waals surface area contributed by atoms with Crippen molar-refractivity contribution >= 4 is 17.3 Å². The Kier molecular flexibility index (Phi) is 4.68. The van der Waals surface area contributed by atoms with E-state index >= 15 is 0 Å². The van der Waals surface area contributed by atoms with E-state index in [1.165, 1.54) is 16.9 Å².